The number of nitrogens with zero attached hydrogens (tertiary/aromatic N) is 2. The molecule has 1 aromatic heterocycles. The molecule has 0 saturated carbocycles. The normalized spacial score (nSPS) is 10.6. The fourth-order valence-electron chi connectivity index (χ4n) is 2.36. The van der Waals surface area contributed by atoms with E-state index in [4.69, 9.17) is 16.3 Å². The molecule has 0 saturated heterocycles. The molecule has 0 unspecified atom stereocenters. The van der Waals surface area contributed by atoms with E-state index < -0.39 is 0 Å². The third-order valence-electron chi connectivity index (χ3n) is 3.97. The molecule has 0 fully saturated rings. The number of benzene rings is 2. The van der Waals surface area contributed by atoms with Gasteiger partial charge in [-0.15, -0.1) is 0 Å². The quantitative estimate of drug-likeness (QED) is 0.600. The molecule has 26 heavy (non-hydrogen) atoms. The van der Waals surface area contributed by atoms with Gasteiger partial charge in [0.15, 0.2) is 12.4 Å². The summed E-state index contributed by atoms with van der Waals surface area (Å²) in [5, 5.41) is 7.64. The lowest BCUT2D eigenvalue weighted by Gasteiger charge is -2.09. The van der Waals surface area contributed by atoms with Crippen LogP contribution in [0.1, 0.15) is 21.6 Å². The number of hydrogen-bond donors (Lipinski definition) is 1. The maximum atomic E-state index is 12.4. The van der Waals surface area contributed by atoms with Crippen molar-refractivity contribution in [2.75, 3.05) is 5.32 Å². The van der Waals surface area contributed by atoms with E-state index in [0.29, 0.717) is 16.5 Å². The molecule has 3 aromatic rings. The Labute approximate surface area is 165 Å². The van der Waals surface area contributed by atoms with Crippen LogP contribution in [-0.2, 0) is 6.73 Å². The number of hydrogen-bond acceptors (Lipinski definition) is 3. The zero-order valence-electron chi connectivity index (χ0n) is 14.3. The van der Waals surface area contributed by atoms with Crippen molar-refractivity contribution in [2.24, 2.45) is 0 Å². The molecule has 0 bridgehead atoms. The first kappa shape index (κ1) is 18.5. The number of aryl methyl sites for hydroxylation is 1. The largest absolute Gasteiger partial charge is 0.470 e. The van der Waals surface area contributed by atoms with E-state index in [2.05, 4.69) is 26.3 Å². The zero-order chi connectivity index (χ0) is 18.7. The predicted molar refractivity (Wildman–Crippen MR) is 106 cm³/mol. The summed E-state index contributed by atoms with van der Waals surface area (Å²) in [4.78, 5) is 12.4. The highest BCUT2D eigenvalue weighted by molar-refractivity contribution is 9.10. The van der Waals surface area contributed by atoms with Crippen molar-refractivity contribution in [3.05, 3.63) is 75.0 Å². The summed E-state index contributed by atoms with van der Waals surface area (Å²) in [6.07, 6.45) is 1.69. The van der Waals surface area contributed by atoms with Gasteiger partial charge in [-0.05, 0) is 55.3 Å². The second-order valence-corrected chi connectivity index (χ2v) is 7.11. The molecule has 3 rings (SSSR count). The Bertz CT molecular complexity index is 956. The van der Waals surface area contributed by atoms with Crippen LogP contribution in [0.2, 0.25) is 5.02 Å². The molecule has 134 valence electrons. The second-order valence-electron chi connectivity index (χ2n) is 5.79. The Morgan fingerprint density at radius 3 is 2.85 bits per heavy atom. The van der Waals surface area contributed by atoms with Gasteiger partial charge in [0.05, 0.1) is 5.02 Å². The minimum Gasteiger partial charge on any atom is -0.470 e. The van der Waals surface area contributed by atoms with Gasteiger partial charge in [0.2, 0.25) is 0 Å². The van der Waals surface area contributed by atoms with Crippen LogP contribution in [0.4, 0.5) is 5.69 Å². The highest BCUT2D eigenvalue weighted by Crippen LogP contribution is 2.27. The Kier molecular flexibility index (Phi) is 5.64. The summed E-state index contributed by atoms with van der Waals surface area (Å²) in [6, 6.07) is 12.8. The van der Waals surface area contributed by atoms with Crippen LogP contribution in [0, 0.1) is 13.8 Å². The summed E-state index contributed by atoms with van der Waals surface area (Å²) in [7, 11) is 0. The zero-order valence-corrected chi connectivity index (χ0v) is 16.6. The van der Waals surface area contributed by atoms with Gasteiger partial charge in [-0.25, -0.2) is 4.68 Å². The Morgan fingerprint density at radius 1 is 1.27 bits per heavy atom. The SMILES string of the molecule is Cc1cccc(NC(=O)c2ccn(COc3ccc(Br)cc3Cl)n2)c1C. The number of carbonyl (C=O) groups excluding carboxylic acids is 1. The first-order valence-corrected chi connectivity index (χ1v) is 9.10. The van der Waals surface area contributed by atoms with Crippen molar-refractivity contribution in [1.29, 1.82) is 0 Å². The maximum Gasteiger partial charge on any atom is 0.276 e. The number of carbonyl (C=O) groups is 1. The molecule has 0 atom stereocenters. The number of ether oxygens (including phenoxy) is 1. The molecular formula is C19H17BrClN3O2. The third kappa shape index (κ3) is 4.26. The van der Waals surface area contributed by atoms with Gasteiger partial charge in [0.25, 0.3) is 5.91 Å². The minimum absolute atomic E-state index is 0.151. The summed E-state index contributed by atoms with van der Waals surface area (Å²) in [5.74, 6) is 0.283. The summed E-state index contributed by atoms with van der Waals surface area (Å²) < 4.78 is 8.05. The van der Waals surface area contributed by atoms with Crippen LogP contribution in [-0.4, -0.2) is 15.7 Å². The number of aromatic nitrogens is 2. The van der Waals surface area contributed by atoms with Gasteiger partial charge in [-0.1, -0.05) is 39.7 Å². The first-order chi connectivity index (χ1) is 12.4. The van der Waals surface area contributed by atoms with Gasteiger partial charge in [-0.2, -0.15) is 5.10 Å². The molecule has 5 nitrogen and oxygen atoms in total. The van der Waals surface area contributed by atoms with E-state index >= 15 is 0 Å². The van der Waals surface area contributed by atoms with Crippen molar-refractivity contribution in [3.63, 3.8) is 0 Å². The monoisotopic (exact) mass is 433 g/mol. The molecule has 0 radical (unpaired) electrons. The highest BCUT2D eigenvalue weighted by Gasteiger charge is 2.12. The molecule has 0 aliphatic carbocycles. The van der Waals surface area contributed by atoms with Crippen LogP contribution in [0.5, 0.6) is 5.75 Å². The highest BCUT2D eigenvalue weighted by atomic mass is 79.9. The molecular weight excluding hydrogens is 418 g/mol. The number of amides is 1. The van der Waals surface area contributed by atoms with Gasteiger partial charge in [-0.3, -0.25) is 4.79 Å². The molecule has 1 N–H and O–H groups in total. The summed E-state index contributed by atoms with van der Waals surface area (Å²) >= 11 is 9.47. The van der Waals surface area contributed by atoms with Crippen molar-refractivity contribution < 1.29 is 9.53 Å². The van der Waals surface area contributed by atoms with Gasteiger partial charge in [0.1, 0.15) is 5.75 Å². The molecule has 7 heteroatoms. The molecule has 2 aromatic carbocycles. The Balaban J connectivity index is 1.65. The predicted octanol–water partition coefficient (Wildman–Crippen LogP) is 5.20. The number of anilines is 1. The first-order valence-electron chi connectivity index (χ1n) is 7.93. The van der Waals surface area contributed by atoms with Gasteiger partial charge >= 0.3 is 0 Å². The van der Waals surface area contributed by atoms with E-state index in [9.17, 15) is 4.79 Å². The smallest absolute Gasteiger partial charge is 0.276 e. The fraction of sp³-hybridized carbons (Fsp3) is 0.158. The lowest BCUT2D eigenvalue weighted by molar-refractivity contribution is 0.102. The number of rotatable bonds is 5. The van der Waals surface area contributed by atoms with Crippen LogP contribution in [0.25, 0.3) is 0 Å². The number of nitrogens with one attached hydrogen (secondary N) is 1. The van der Waals surface area contributed by atoms with Crippen LogP contribution < -0.4 is 10.1 Å². The number of halogens is 2. The summed E-state index contributed by atoms with van der Waals surface area (Å²) in [5.41, 5.74) is 3.25. The standard InChI is InChI=1S/C19H17BrClN3O2/c1-12-4-3-5-16(13(12)2)22-19(25)17-8-9-24(23-17)11-26-18-7-6-14(20)10-15(18)21/h3-10H,11H2,1-2H3,(H,22,25). The molecule has 1 heterocycles. The lowest BCUT2D eigenvalue weighted by Crippen LogP contribution is -2.15. The topological polar surface area (TPSA) is 56.2 Å². The average molecular weight is 435 g/mol. The summed E-state index contributed by atoms with van der Waals surface area (Å²) in [6.45, 7) is 4.13. The molecule has 1 amide bonds. The van der Waals surface area contributed by atoms with E-state index in [1.54, 1.807) is 24.4 Å². The van der Waals surface area contributed by atoms with E-state index in [0.717, 1.165) is 21.3 Å². The average Bonchev–Trinajstić information content (AvgIpc) is 3.07. The van der Waals surface area contributed by atoms with Crippen LogP contribution in [0.3, 0.4) is 0 Å². The van der Waals surface area contributed by atoms with Crippen LogP contribution >= 0.6 is 27.5 Å². The molecule has 0 spiro atoms. The van der Waals surface area contributed by atoms with E-state index in [1.165, 1.54) is 4.68 Å². The van der Waals surface area contributed by atoms with Gasteiger partial charge < -0.3 is 10.1 Å². The Hall–Kier alpha value is -2.31. The van der Waals surface area contributed by atoms with E-state index in [-0.39, 0.29) is 12.6 Å². The van der Waals surface area contributed by atoms with Crippen molar-refractivity contribution in [3.8, 4) is 5.75 Å². The van der Waals surface area contributed by atoms with Crippen molar-refractivity contribution >= 4 is 39.1 Å². The van der Waals surface area contributed by atoms with E-state index in [1.807, 2.05) is 38.1 Å². The van der Waals surface area contributed by atoms with Gasteiger partial charge in [0, 0.05) is 16.4 Å². The second kappa shape index (κ2) is 7.93. The van der Waals surface area contributed by atoms with Crippen LogP contribution in [0.15, 0.2) is 53.1 Å². The Morgan fingerprint density at radius 2 is 2.08 bits per heavy atom. The molecule has 0 aliphatic heterocycles. The fourth-order valence-corrected chi connectivity index (χ4v) is 3.08. The van der Waals surface area contributed by atoms with Crippen molar-refractivity contribution in [2.45, 2.75) is 20.6 Å². The van der Waals surface area contributed by atoms with Crippen molar-refractivity contribution in [1.82, 2.24) is 9.78 Å². The molecule has 0 aliphatic rings. The lowest BCUT2D eigenvalue weighted by atomic mass is 10.1. The minimum atomic E-state index is -0.265. The maximum absolute atomic E-state index is 12.4. The third-order valence-corrected chi connectivity index (χ3v) is 4.76.